The van der Waals surface area contributed by atoms with Gasteiger partial charge in [-0.05, 0) is 27.7 Å². The van der Waals surface area contributed by atoms with Crippen LogP contribution in [0, 0.1) is 0 Å². The molecule has 0 radical (unpaired) electrons. The second-order valence-electron chi connectivity index (χ2n) is 8.66. The van der Waals surface area contributed by atoms with Gasteiger partial charge in [0, 0.05) is 14.2 Å². The highest BCUT2D eigenvalue weighted by molar-refractivity contribution is 5.85. The maximum Gasteiger partial charge on any atom is 0.337 e. The standard InChI is InChI=1S/C20H34N4O10/c1-19(2,15(25)31-7)33-11-23-13-14(22(10-30-6)17(27)21(13)9-29-5)24(18(23)28)12-34-20(3,4)16(26)32-8/h13-14H,9-12H2,1-8H3. The molecular formula is C20H34N4O10. The van der Waals surface area contributed by atoms with E-state index >= 15 is 0 Å². The highest BCUT2D eigenvalue weighted by Gasteiger charge is 2.60. The number of hydrogen-bond acceptors (Lipinski definition) is 10. The molecule has 14 nitrogen and oxygen atoms in total. The molecule has 2 unspecified atom stereocenters. The number of amides is 4. The van der Waals surface area contributed by atoms with Crippen molar-refractivity contribution < 1.29 is 47.6 Å². The van der Waals surface area contributed by atoms with Gasteiger partial charge in [-0.15, -0.1) is 0 Å². The minimum Gasteiger partial charge on any atom is -0.467 e. The molecule has 2 rings (SSSR count). The molecule has 2 fully saturated rings. The van der Waals surface area contributed by atoms with E-state index < -0.39 is 47.5 Å². The smallest absolute Gasteiger partial charge is 0.337 e. The highest BCUT2D eigenvalue weighted by atomic mass is 16.6. The van der Waals surface area contributed by atoms with Crippen molar-refractivity contribution in [3.63, 3.8) is 0 Å². The van der Waals surface area contributed by atoms with Crippen molar-refractivity contribution >= 4 is 24.0 Å². The average molecular weight is 491 g/mol. The second kappa shape index (κ2) is 10.7. The van der Waals surface area contributed by atoms with Crippen LogP contribution in [0.4, 0.5) is 9.59 Å². The highest BCUT2D eigenvalue weighted by Crippen LogP contribution is 2.35. The average Bonchev–Trinajstić information content (AvgIpc) is 3.21. The Morgan fingerprint density at radius 2 is 0.941 bits per heavy atom. The molecule has 14 heteroatoms. The summed E-state index contributed by atoms with van der Waals surface area (Å²) in [7, 11) is 5.29. The van der Waals surface area contributed by atoms with Gasteiger partial charge in [0.05, 0.1) is 14.2 Å². The quantitative estimate of drug-likeness (QED) is 0.348. The summed E-state index contributed by atoms with van der Waals surface area (Å²) in [5.41, 5.74) is -2.72. The number of methoxy groups -OCH3 is 4. The Bertz CT molecular complexity index is 729. The molecule has 194 valence electrons. The lowest BCUT2D eigenvalue weighted by molar-refractivity contribution is -0.171. The summed E-state index contributed by atoms with van der Waals surface area (Å²) in [5, 5.41) is 0. The lowest BCUT2D eigenvalue weighted by Gasteiger charge is -2.32. The molecule has 0 aromatic rings. The van der Waals surface area contributed by atoms with Gasteiger partial charge in [-0.2, -0.15) is 0 Å². The van der Waals surface area contributed by atoms with Crippen molar-refractivity contribution in [2.75, 3.05) is 55.4 Å². The third-order valence-electron chi connectivity index (χ3n) is 5.55. The van der Waals surface area contributed by atoms with E-state index in [9.17, 15) is 19.2 Å². The molecule has 2 saturated heterocycles. The number of nitrogens with zero attached hydrogens (tertiary/aromatic N) is 4. The fraction of sp³-hybridized carbons (Fsp3) is 0.800. The summed E-state index contributed by atoms with van der Waals surface area (Å²) < 4.78 is 31.3. The van der Waals surface area contributed by atoms with Gasteiger partial charge in [0.1, 0.15) is 26.9 Å². The fourth-order valence-corrected chi connectivity index (χ4v) is 3.64. The second-order valence-corrected chi connectivity index (χ2v) is 8.66. The molecule has 34 heavy (non-hydrogen) atoms. The molecule has 0 spiro atoms. The molecule has 2 aliphatic rings. The monoisotopic (exact) mass is 490 g/mol. The summed E-state index contributed by atoms with van der Waals surface area (Å²) in [4.78, 5) is 55.9. The SMILES string of the molecule is COCN1C(=O)N(COC)C2C1N(COC(C)(C)C(=O)OC)C(=O)N2COC(C)(C)C(=O)OC. The number of carbonyl (C=O) groups is 4. The Kier molecular flexibility index (Phi) is 8.69. The zero-order chi connectivity index (χ0) is 25.8. The number of carbonyl (C=O) groups excluding carboxylic acids is 4. The Labute approximate surface area is 198 Å². The minimum atomic E-state index is -1.36. The minimum absolute atomic E-state index is 0.118. The molecule has 0 saturated carbocycles. The Morgan fingerprint density at radius 1 is 0.647 bits per heavy atom. The molecule has 4 amide bonds. The number of ether oxygens (including phenoxy) is 6. The van der Waals surface area contributed by atoms with E-state index in [0.29, 0.717) is 0 Å². The Balaban J connectivity index is 2.38. The summed E-state index contributed by atoms with van der Waals surface area (Å²) >= 11 is 0. The first-order valence-corrected chi connectivity index (χ1v) is 10.4. The van der Waals surface area contributed by atoms with Crippen molar-refractivity contribution in [1.29, 1.82) is 0 Å². The van der Waals surface area contributed by atoms with E-state index in [2.05, 4.69) is 0 Å². The molecule has 0 bridgehead atoms. The molecule has 0 aromatic carbocycles. The Morgan fingerprint density at radius 3 is 1.21 bits per heavy atom. The normalized spacial score (nSPS) is 20.8. The van der Waals surface area contributed by atoms with Crippen LogP contribution in [0.1, 0.15) is 27.7 Å². The van der Waals surface area contributed by atoms with Crippen LogP contribution in [0.5, 0.6) is 0 Å². The molecule has 0 N–H and O–H groups in total. The third kappa shape index (κ3) is 5.19. The van der Waals surface area contributed by atoms with Gasteiger partial charge >= 0.3 is 24.0 Å². The largest absolute Gasteiger partial charge is 0.467 e. The first-order chi connectivity index (χ1) is 15.9. The van der Waals surface area contributed by atoms with Crippen LogP contribution in [0.15, 0.2) is 0 Å². The van der Waals surface area contributed by atoms with E-state index in [4.69, 9.17) is 28.4 Å². The maximum atomic E-state index is 13.5. The number of esters is 2. The van der Waals surface area contributed by atoms with Crippen LogP contribution in [0.2, 0.25) is 0 Å². The molecular weight excluding hydrogens is 456 g/mol. The van der Waals surface area contributed by atoms with Crippen LogP contribution in [0.25, 0.3) is 0 Å². The summed E-state index contributed by atoms with van der Waals surface area (Å²) in [5.74, 6) is -1.26. The van der Waals surface area contributed by atoms with Crippen LogP contribution >= 0.6 is 0 Å². The zero-order valence-electron chi connectivity index (χ0n) is 20.9. The van der Waals surface area contributed by atoms with Crippen molar-refractivity contribution in [2.45, 2.75) is 51.2 Å². The topological polar surface area (TPSA) is 137 Å². The van der Waals surface area contributed by atoms with Crippen molar-refractivity contribution in [2.24, 2.45) is 0 Å². The molecule has 0 aromatic heterocycles. The van der Waals surface area contributed by atoms with Crippen LogP contribution in [-0.2, 0) is 38.0 Å². The van der Waals surface area contributed by atoms with Gasteiger partial charge in [-0.25, -0.2) is 19.2 Å². The van der Waals surface area contributed by atoms with Crippen LogP contribution in [0.3, 0.4) is 0 Å². The van der Waals surface area contributed by atoms with Gasteiger partial charge in [-0.3, -0.25) is 19.6 Å². The molecule has 2 atom stereocenters. The van der Waals surface area contributed by atoms with Gasteiger partial charge in [-0.1, -0.05) is 0 Å². The van der Waals surface area contributed by atoms with Crippen molar-refractivity contribution in [3.8, 4) is 0 Å². The fourth-order valence-electron chi connectivity index (χ4n) is 3.64. The van der Waals surface area contributed by atoms with Gasteiger partial charge in [0.2, 0.25) is 0 Å². The summed E-state index contributed by atoms with van der Waals surface area (Å²) in [6, 6.07) is -0.994. The third-order valence-corrected chi connectivity index (χ3v) is 5.55. The number of hydrogen-bond donors (Lipinski definition) is 0. The van der Waals surface area contributed by atoms with E-state index in [1.165, 1.54) is 75.7 Å². The van der Waals surface area contributed by atoms with Crippen molar-refractivity contribution in [1.82, 2.24) is 19.6 Å². The first kappa shape index (κ1) is 27.6. The lowest BCUT2D eigenvalue weighted by atomic mass is 10.1. The van der Waals surface area contributed by atoms with Gasteiger partial charge < -0.3 is 28.4 Å². The van der Waals surface area contributed by atoms with E-state index in [1.54, 1.807) is 0 Å². The summed E-state index contributed by atoms with van der Waals surface area (Å²) in [6.07, 6.45) is -1.71. The summed E-state index contributed by atoms with van der Waals surface area (Å²) in [6.45, 7) is 5.09. The number of urea groups is 2. The molecule has 0 aliphatic carbocycles. The van der Waals surface area contributed by atoms with E-state index in [1.807, 2.05) is 0 Å². The van der Waals surface area contributed by atoms with Gasteiger partial charge in [0.25, 0.3) is 0 Å². The van der Waals surface area contributed by atoms with Gasteiger partial charge in [0.15, 0.2) is 23.5 Å². The van der Waals surface area contributed by atoms with Crippen molar-refractivity contribution in [3.05, 3.63) is 0 Å². The lowest BCUT2D eigenvalue weighted by Crippen LogP contribution is -2.50. The molecule has 2 heterocycles. The predicted molar refractivity (Wildman–Crippen MR) is 114 cm³/mol. The predicted octanol–water partition coefficient (Wildman–Crippen LogP) is 0.173. The maximum absolute atomic E-state index is 13.5. The number of rotatable bonds is 12. The zero-order valence-corrected chi connectivity index (χ0v) is 20.9. The first-order valence-electron chi connectivity index (χ1n) is 10.4. The number of fused-ring (bicyclic) bond motifs is 1. The molecule has 2 aliphatic heterocycles. The van der Waals surface area contributed by atoms with Crippen LogP contribution < -0.4 is 0 Å². The van der Waals surface area contributed by atoms with Crippen LogP contribution in [-0.4, -0.2) is 122 Å². The Hall–Kier alpha value is -2.68. The van der Waals surface area contributed by atoms with E-state index in [0.717, 1.165) is 0 Å². The van der Waals surface area contributed by atoms with E-state index in [-0.39, 0.29) is 26.9 Å².